The van der Waals surface area contributed by atoms with Gasteiger partial charge in [-0.15, -0.1) is 0 Å². The minimum absolute atomic E-state index is 0.0692. The first-order chi connectivity index (χ1) is 10.4. The quantitative estimate of drug-likeness (QED) is 0.780. The third-order valence-electron chi connectivity index (χ3n) is 3.33. The van der Waals surface area contributed by atoms with Gasteiger partial charge in [-0.25, -0.2) is 4.79 Å². The van der Waals surface area contributed by atoms with Crippen LogP contribution in [-0.4, -0.2) is 38.7 Å². The fraction of sp³-hybridized carbons (Fsp3) is 0.500. The summed E-state index contributed by atoms with van der Waals surface area (Å²) < 4.78 is 15.3. The minimum atomic E-state index is -0.464. The monoisotopic (exact) mass is 309 g/mol. The maximum atomic E-state index is 11.8. The molecule has 0 aliphatic carbocycles. The van der Waals surface area contributed by atoms with E-state index in [4.69, 9.17) is 9.47 Å². The Morgan fingerprint density at radius 1 is 1.14 bits per heavy atom. The van der Waals surface area contributed by atoms with Gasteiger partial charge in [0.1, 0.15) is 0 Å². The number of benzene rings is 1. The number of carbonyl (C=O) groups excluding carboxylic acids is 2. The summed E-state index contributed by atoms with van der Waals surface area (Å²) >= 11 is 0. The predicted molar refractivity (Wildman–Crippen MR) is 82.3 cm³/mol. The van der Waals surface area contributed by atoms with Crippen molar-refractivity contribution in [3.05, 3.63) is 23.8 Å². The zero-order valence-corrected chi connectivity index (χ0v) is 13.6. The molecule has 22 heavy (non-hydrogen) atoms. The zero-order chi connectivity index (χ0) is 16.7. The Labute approximate surface area is 130 Å². The van der Waals surface area contributed by atoms with Crippen LogP contribution in [0.5, 0.6) is 11.5 Å². The summed E-state index contributed by atoms with van der Waals surface area (Å²) in [5.41, 5.74) is 0.351. The number of esters is 1. The van der Waals surface area contributed by atoms with E-state index in [0.29, 0.717) is 23.0 Å². The molecule has 1 amide bonds. The van der Waals surface area contributed by atoms with Gasteiger partial charge in [0.25, 0.3) is 5.91 Å². The van der Waals surface area contributed by atoms with E-state index in [0.717, 1.165) is 0 Å². The third kappa shape index (κ3) is 4.95. The van der Waals surface area contributed by atoms with Crippen LogP contribution in [0.2, 0.25) is 0 Å². The van der Waals surface area contributed by atoms with Crippen LogP contribution >= 0.6 is 0 Å². The summed E-state index contributed by atoms with van der Waals surface area (Å²) in [4.78, 5) is 23.3. The van der Waals surface area contributed by atoms with Crippen molar-refractivity contribution in [1.82, 2.24) is 5.32 Å². The van der Waals surface area contributed by atoms with E-state index in [1.165, 1.54) is 20.3 Å². The summed E-state index contributed by atoms with van der Waals surface area (Å²) in [6.45, 7) is 5.88. The molecule has 6 heteroatoms. The average Bonchev–Trinajstić information content (AvgIpc) is 2.51. The molecule has 0 saturated heterocycles. The van der Waals surface area contributed by atoms with Crippen molar-refractivity contribution >= 4 is 11.9 Å². The molecule has 6 nitrogen and oxygen atoms in total. The van der Waals surface area contributed by atoms with Gasteiger partial charge in [-0.05, 0) is 31.0 Å². The second-order valence-corrected chi connectivity index (χ2v) is 5.25. The molecule has 0 radical (unpaired) electrons. The lowest BCUT2D eigenvalue weighted by molar-refractivity contribution is -0.124. The molecule has 0 bridgehead atoms. The van der Waals surface area contributed by atoms with Crippen LogP contribution in [0.1, 0.15) is 31.1 Å². The number of amides is 1. The Morgan fingerprint density at radius 2 is 1.82 bits per heavy atom. The van der Waals surface area contributed by atoms with Crippen molar-refractivity contribution in [3.8, 4) is 11.5 Å². The van der Waals surface area contributed by atoms with Gasteiger partial charge in [-0.3, -0.25) is 4.79 Å². The number of nitrogens with one attached hydrogen (secondary N) is 1. The van der Waals surface area contributed by atoms with Crippen LogP contribution in [0.25, 0.3) is 0 Å². The highest BCUT2D eigenvalue weighted by molar-refractivity contribution is 5.90. The number of methoxy groups -OCH3 is 2. The Bertz CT molecular complexity index is 527. The Kier molecular flexibility index (Phi) is 6.69. The van der Waals surface area contributed by atoms with Crippen LogP contribution in [-0.2, 0) is 9.53 Å². The molecule has 1 aromatic carbocycles. The van der Waals surface area contributed by atoms with Gasteiger partial charge >= 0.3 is 5.97 Å². The fourth-order valence-corrected chi connectivity index (χ4v) is 1.64. The molecule has 1 aromatic rings. The molecule has 0 aliphatic rings. The third-order valence-corrected chi connectivity index (χ3v) is 3.33. The van der Waals surface area contributed by atoms with Crippen LogP contribution < -0.4 is 14.8 Å². The van der Waals surface area contributed by atoms with E-state index < -0.39 is 5.97 Å². The van der Waals surface area contributed by atoms with Gasteiger partial charge in [0.15, 0.2) is 18.1 Å². The van der Waals surface area contributed by atoms with Crippen molar-refractivity contribution in [3.63, 3.8) is 0 Å². The van der Waals surface area contributed by atoms with Gasteiger partial charge < -0.3 is 19.5 Å². The summed E-state index contributed by atoms with van der Waals surface area (Å²) in [6.07, 6.45) is 0. The number of hydrogen-bond donors (Lipinski definition) is 1. The predicted octanol–water partition coefficient (Wildman–Crippen LogP) is 2.02. The summed E-state index contributed by atoms with van der Waals surface area (Å²) in [6, 6.07) is 4.71. The highest BCUT2D eigenvalue weighted by atomic mass is 16.5. The van der Waals surface area contributed by atoms with Crippen molar-refractivity contribution < 1.29 is 23.8 Å². The minimum Gasteiger partial charge on any atom is -0.493 e. The first-order valence-electron chi connectivity index (χ1n) is 7.07. The lowest BCUT2D eigenvalue weighted by Gasteiger charge is -2.18. The molecule has 1 rings (SSSR count). The highest BCUT2D eigenvalue weighted by Gasteiger charge is 2.14. The maximum Gasteiger partial charge on any atom is 0.337 e. The lowest BCUT2D eigenvalue weighted by atomic mass is 10.1. The van der Waals surface area contributed by atoms with Gasteiger partial charge in [0, 0.05) is 6.04 Å². The molecule has 0 unspecified atom stereocenters. The van der Waals surface area contributed by atoms with E-state index >= 15 is 0 Å². The zero-order valence-electron chi connectivity index (χ0n) is 13.6. The molecule has 0 aromatic heterocycles. The second-order valence-electron chi connectivity index (χ2n) is 5.25. The van der Waals surface area contributed by atoms with Gasteiger partial charge in [0.2, 0.25) is 0 Å². The molecule has 1 N–H and O–H groups in total. The number of carbonyl (C=O) groups is 2. The summed E-state index contributed by atoms with van der Waals surface area (Å²) in [7, 11) is 2.77. The van der Waals surface area contributed by atoms with Crippen molar-refractivity contribution in [2.75, 3.05) is 20.8 Å². The SMILES string of the molecule is COC(=O)c1ccc(OCC(=O)N[C@@H](C)C(C)C)c(OC)c1. The number of hydrogen-bond acceptors (Lipinski definition) is 5. The lowest BCUT2D eigenvalue weighted by Crippen LogP contribution is -2.38. The maximum absolute atomic E-state index is 11.8. The molecule has 0 heterocycles. The Morgan fingerprint density at radius 3 is 2.36 bits per heavy atom. The molecule has 122 valence electrons. The van der Waals surface area contributed by atoms with E-state index in [-0.39, 0.29) is 18.6 Å². The fourth-order valence-electron chi connectivity index (χ4n) is 1.64. The van der Waals surface area contributed by atoms with Crippen molar-refractivity contribution in [2.45, 2.75) is 26.8 Å². The van der Waals surface area contributed by atoms with Crippen LogP contribution in [0.4, 0.5) is 0 Å². The number of rotatable bonds is 7. The average molecular weight is 309 g/mol. The van der Waals surface area contributed by atoms with Gasteiger partial charge in [-0.2, -0.15) is 0 Å². The van der Waals surface area contributed by atoms with Crippen LogP contribution in [0, 0.1) is 5.92 Å². The molecular formula is C16H23NO5. The highest BCUT2D eigenvalue weighted by Crippen LogP contribution is 2.28. The van der Waals surface area contributed by atoms with Crippen LogP contribution in [0.15, 0.2) is 18.2 Å². The van der Waals surface area contributed by atoms with Crippen molar-refractivity contribution in [1.29, 1.82) is 0 Å². The molecular weight excluding hydrogens is 286 g/mol. The second kappa shape index (κ2) is 8.26. The standard InChI is InChI=1S/C16H23NO5/c1-10(2)11(3)17-15(18)9-22-13-7-6-12(16(19)21-5)8-14(13)20-4/h6-8,10-11H,9H2,1-5H3,(H,17,18)/t11-/m0/s1. The molecule has 0 aliphatic heterocycles. The van der Waals surface area contributed by atoms with Crippen LogP contribution in [0.3, 0.4) is 0 Å². The van der Waals surface area contributed by atoms with Crippen molar-refractivity contribution in [2.24, 2.45) is 5.92 Å². The Balaban J connectivity index is 2.69. The first kappa shape index (κ1) is 17.8. The molecule has 0 saturated carbocycles. The topological polar surface area (TPSA) is 73.9 Å². The van der Waals surface area contributed by atoms with E-state index in [1.807, 2.05) is 20.8 Å². The van der Waals surface area contributed by atoms with Gasteiger partial charge in [-0.1, -0.05) is 13.8 Å². The summed E-state index contributed by atoms with van der Waals surface area (Å²) in [5, 5.41) is 2.85. The largest absolute Gasteiger partial charge is 0.493 e. The summed E-state index contributed by atoms with van der Waals surface area (Å²) in [5.74, 6) is 0.432. The first-order valence-corrected chi connectivity index (χ1v) is 7.07. The van der Waals surface area contributed by atoms with E-state index in [2.05, 4.69) is 10.1 Å². The van der Waals surface area contributed by atoms with E-state index in [1.54, 1.807) is 12.1 Å². The Hall–Kier alpha value is -2.24. The van der Waals surface area contributed by atoms with E-state index in [9.17, 15) is 9.59 Å². The molecule has 0 fully saturated rings. The normalized spacial score (nSPS) is 11.7. The smallest absolute Gasteiger partial charge is 0.337 e. The van der Waals surface area contributed by atoms with Gasteiger partial charge in [0.05, 0.1) is 19.8 Å². The molecule has 1 atom stereocenters. The number of ether oxygens (including phenoxy) is 3. The molecule has 0 spiro atoms.